The summed E-state index contributed by atoms with van der Waals surface area (Å²) in [6.07, 6.45) is 0. The van der Waals surface area contributed by atoms with Gasteiger partial charge in [-0.2, -0.15) is 10.4 Å². The van der Waals surface area contributed by atoms with Crippen LogP contribution in [0.4, 0.5) is 0 Å². The number of hydrogen-bond donors (Lipinski definition) is 0. The smallest absolute Gasteiger partial charge is 0.285 e. The fourth-order valence-corrected chi connectivity index (χ4v) is 2.92. The normalized spacial score (nSPS) is 10.3. The van der Waals surface area contributed by atoms with Crippen molar-refractivity contribution in [1.29, 1.82) is 5.26 Å². The van der Waals surface area contributed by atoms with Crippen molar-refractivity contribution < 1.29 is 14.3 Å². The van der Waals surface area contributed by atoms with Gasteiger partial charge in [0, 0.05) is 13.1 Å². The largest absolute Gasteiger partial charge is 0.493 e. The third kappa shape index (κ3) is 4.93. The van der Waals surface area contributed by atoms with Crippen molar-refractivity contribution in [2.24, 2.45) is 0 Å². The number of nitriles is 1. The maximum Gasteiger partial charge on any atom is 0.285 e. The first-order valence-corrected chi connectivity index (χ1v) is 9.42. The maximum absolute atomic E-state index is 12.8. The molecule has 0 aliphatic carbocycles. The second kappa shape index (κ2) is 9.73. The van der Waals surface area contributed by atoms with E-state index in [1.54, 1.807) is 25.9 Å². The monoisotopic (exact) mass is 398 g/mol. The summed E-state index contributed by atoms with van der Waals surface area (Å²) in [6.45, 7) is 8.25. The number of methoxy groups -OCH3 is 1. The van der Waals surface area contributed by atoms with Crippen LogP contribution in [-0.2, 0) is 17.9 Å². The van der Waals surface area contributed by atoms with E-state index in [0.29, 0.717) is 42.5 Å². The number of amides is 1. The Morgan fingerprint density at radius 1 is 1.28 bits per heavy atom. The number of carbonyl (C=O) groups excluding carboxylic acids is 1. The van der Waals surface area contributed by atoms with Gasteiger partial charge in [0.05, 0.1) is 19.4 Å². The van der Waals surface area contributed by atoms with Crippen LogP contribution >= 0.6 is 0 Å². The van der Waals surface area contributed by atoms with E-state index in [4.69, 9.17) is 9.47 Å². The fourth-order valence-electron chi connectivity index (χ4n) is 2.92. The van der Waals surface area contributed by atoms with Crippen LogP contribution in [-0.4, -0.2) is 40.8 Å². The Kier molecular flexibility index (Phi) is 7.37. The molecule has 0 fully saturated rings. The highest BCUT2D eigenvalue weighted by Crippen LogP contribution is 2.28. The van der Waals surface area contributed by atoms with E-state index in [1.165, 1.54) is 0 Å². The summed E-state index contributed by atoms with van der Waals surface area (Å²) in [7, 11) is 1.56. The zero-order chi connectivity index (χ0) is 21.6. The van der Waals surface area contributed by atoms with Gasteiger partial charge in [-0.15, -0.1) is 0 Å². The molecular weight excluding hydrogens is 372 g/mol. The zero-order valence-corrected chi connectivity index (χ0v) is 17.5. The van der Waals surface area contributed by atoms with E-state index in [1.807, 2.05) is 38.1 Å². The van der Waals surface area contributed by atoms with E-state index in [9.17, 15) is 14.9 Å². The Morgan fingerprint density at radius 2 is 2.00 bits per heavy atom. The Hall–Kier alpha value is -3.34. The van der Waals surface area contributed by atoms with Crippen LogP contribution in [0, 0.1) is 25.2 Å². The van der Waals surface area contributed by atoms with Crippen LogP contribution in [0.5, 0.6) is 11.5 Å². The van der Waals surface area contributed by atoms with E-state index in [-0.39, 0.29) is 18.0 Å². The molecule has 2 rings (SSSR count). The van der Waals surface area contributed by atoms with Gasteiger partial charge in [0.25, 0.3) is 5.56 Å². The number of aromatic nitrogens is 2. The summed E-state index contributed by atoms with van der Waals surface area (Å²) in [6, 6.07) is 7.42. The lowest BCUT2D eigenvalue weighted by Gasteiger charge is -2.22. The van der Waals surface area contributed by atoms with E-state index in [2.05, 4.69) is 5.10 Å². The topological polar surface area (TPSA) is 97.5 Å². The van der Waals surface area contributed by atoms with Gasteiger partial charge < -0.3 is 14.4 Å². The maximum atomic E-state index is 12.8. The molecule has 0 radical (unpaired) electrons. The molecule has 0 atom stereocenters. The predicted octanol–water partition coefficient (Wildman–Crippen LogP) is 2.19. The minimum absolute atomic E-state index is 0.0181. The molecule has 8 nitrogen and oxygen atoms in total. The fraction of sp³-hybridized carbons (Fsp3) is 0.429. The van der Waals surface area contributed by atoms with Crippen molar-refractivity contribution >= 4 is 5.91 Å². The second-order valence-electron chi connectivity index (χ2n) is 6.49. The molecule has 8 heteroatoms. The first kappa shape index (κ1) is 22.0. The molecule has 0 aliphatic heterocycles. The highest BCUT2D eigenvalue weighted by Gasteiger charge is 2.18. The lowest BCUT2D eigenvalue weighted by Crippen LogP contribution is -2.38. The van der Waals surface area contributed by atoms with Gasteiger partial charge in [-0.1, -0.05) is 6.07 Å². The molecular formula is C21H26N4O4. The number of aryl methyl sites for hydroxylation is 1. The van der Waals surface area contributed by atoms with Crippen molar-refractivity contribution in [2.45, 2.75) is 40.8 Å². The van der Waals surface area contributed by atoms with Gasteiger partial charge in [-0.3, -0.25) is 9.59 Å². The van der Waals surface area contributed by atoms with Crippen molar-refractivity contribution in [1.82, 2.24) is 14.7 Å². The van der Waals surface area contributed by atoms with Crippen molar-refractivity contribution in [3.63, 3.8) is 0 Å². The molecule has 0 N–H and O–H groups in total. The molecule has 0 spiro atoms. The number of carbonyl (C=O) groups is 1. The minimum atomic E-state index is -0.553. The van der Waals surface area contributed by atoms with Gasteiger partial charge >= 0.3 is 0 Å². The Bertz CT molecular complexity index is 991. The van der Waals surface area contributed by atoms with Crippen LogP contribution < -0.4 is 15.0 Å². The zero-order valence-electron chi connectivity index (χ0n) is 17.5. The lowest BCUT2D eigenvalue weighted by atomic mass is 10.1. The molecule has 2 aromatic rings. The Balaban J connectivity index is 2.23. The second-order valence-corrected chi connectivity index (χ2v) is 6.49. The van der Waals surface area contributed by atoms with Crippen molar-refractivity contribution in [2.75, 3.05) is 20.3 Å². The highest BCUT2D eigenvalue weighted by atomic mass is 16.5. The third-order valence-electron chi connectivity index (χ3n) is 4.67. The predicted molar refractivity (Wildman–Crippen MR) is 108 cm³/mol. The van der Waals surface area contributed by atoms with Gasteiger partial charge in [0.15, 0.2) is 11.5 Å². The van der Waals surface area contributed by atoms with Gasteiger partial charge in [0.2, 0.25) is 5.91 Å². The average molecular weight is 398 g/mol. The Labute approximate surface area is 170 Å². The van der Waals surface area contributed by atoms with Crippen LogP contribution in [0.15, 0.2) is 23.0 Å². The average Bonchev–Trinajstić information content (AvgIpc) is 2.71. The summed E-state index contributed by atoms with van der Waals surface area (Å²) >= 11 is 0. The van der Waals surface area contributed by atoms with Gasteiger partial charge in [-0.05, 0) is 51.0 Å². The van der Waals surface area contributed by atoms with Crippen LogP contribution in [0.1, 0.15) is 36.2 Å². The van der Waals surface area contributed by atoms with E-state index >= 15 is 0 Å². The quantitative estimate of drug-likeness (QED) is 0.676. The molecule has 0 aliphatic rings. The number of nitrogens with zero attached hydrogens (tertiary/aromatic N) is 4. The summed E-state index contributed by atoms with van der Waals surface area (Å²) in [5.41, 5.74) is 1.43. The van der Waals surface area contributed by atoms with Gasteiger partial charge in [-0.25, -0.2) is 4.68 Å². The molecule has 1 aromatic carbocycles. The number of rotatable bonds is 8. The summed E-state index contributed by atoms with van der Waals surface area (Å²) in [5, 5.41) is 13.4. The standard InChI is InChI=1S/C21H26N4O4/c1-6-24(12-16-8-9-18(29-7-2)19(10-16)28-5)20(26)13-25-21(27)17(11-22)14(3)15(4)23-25/h8-10H,6-7,12-13H2,1-5H3. The number of ether oxygens (including phenoxy) is 2. The van der Waals surface area contributed by atoms with Crippen LogP contribution in [0.25, 0.3) is 0 Å². The molecule has 0 saturated heterocycles. The minimum Gasteiger partial charge on any atom is -0.493 e. The van der Waals surface area contributed by atoms with E-state index < -0.39 is 5.56 Å². The first-order valence-electron chi connectivity index (χ1n) is 9.42. The highest BCUT2D eigenvalue weighted by molar-refractivity contribution is 5.76. The summed E-state index contributed by atoms with van der Waals surface area (Å²) < 4.78 is 11.9. The lowest BCUT2D eigenvalue weighted by molar-refractivity contribution is -0.132. The number of hydrogen-bond acceptors (Lipinski definition) is 6. The van der Waals surface area contributed by atoms with Crippen LogP contribution in [0.2, 0.25) is 0 Å². The summed E-state index contributed by atoms with van der Waals surface area (Å²) in [5.74, 6) is 0.976. The number of benzene rings is 1. The van der Waals surface area contributed by atoms with Crippen molar-refractivity contribution in [3.05, 3.63) is 50.9 Å². The number of likely N-dealkylation sites (N-methyl/N-ethyl adjacent to an activating group) is 1. The molecule has 1 aromatic heterocycles. The van der Waals surface area contributed by atoms with Crippen molar-refractivity contribution in [3.8, 4) is 17.6 Å². The third-order valence-corrected chi connectivity index (χ3v) is 4.67. The molecule has 1 amide bonds. The molecule has 154 valence electrons. The van der Waals surface area contributed by atoms with Crippen LogP contribution in [0.3, 0.4) is 0 Å². The molecule has 0 bridgehead atoms. The molecule has 0 saturated carbocycles. The molecule has 29 heavy (non-hydrogen) atoms. The Morgan fingerprint density at radius 3 is 2.59 bits per heavy atom. The molecule has 1 heterocycles. The first-order chi connectivity index (χ1) is 13.9. The van der Waals surface area contributed by atoms with E-state index in [0.717, 1.165) is 10.2 Å². The SMILES string of the molecule is CCOc1ccc(CN(CC)C(=O)Cn2nc(C)c(C)c(C#N)c2=O)cc1OC. The molecule has 0 unspecified atom stereocenters. The van der Waals surface area contributed by atoms with Gasteiger partial charge in [0.1, 0.15) is 18.2 Å². The summed E-state index contributed by atoms with van der Waals surface area (Å²) in [4.78, 5) is 26.9.